The fraction of sp³-hybridized carbons (Fsp3) is 0.200. The molecule has 0 fully saturated rings. The number of nitrogens with one attached hydrogen (secondary N) is 1. The van der Waals surface area contributed by atoms with E-state index in [0.717, 1.165) is 0 Å². The van der Waals surface area contributed by atoms with Gasteiger partial charge < -0.3 is 10.1 Å². The first-order chi connectivity index (χ1) is 10.0. The van der Waals surface area contributed by atoms with Crippen molar-refractivity contribution in [2.24, 2.45) is 0 Å². The molecule has 0 saturated heterocycles. The zero-order valence-corrected chi connectivity index (χ0v) is 11.7. The monoisotopic (exact) mass is 290 g/mol. The van der Waals surface area contributed by atoms with Crippen molar-refractivity contribution in [3.05, 3.63) is 64.0 Å². The number of halogens is 1. The van der Waals surface area contributed by atoms with Crippen molar-refractivity contribution in [2.75, 3.05) is 12.4 Å². The molecule has 0 amide bonds. The summed E-state index contributed by atoms with van der Waals surface area (Å²) in [4.78, 5) is 10.3. The van der Waals surface area contributed by atoms with Crippen LogP contribution in [0.3, 0.4) is 0 Å². The van der Waals surface area contributed by atoms with Crippen LogP contribution in [-0.2, 0) is 0 Å². The summed E-state index contributed by atoms with van der Waals surface area (Å²) in [6, 6.07) is 10.4. The first kappa shape index (κ1) is 14.8. The fourth-order valence-corrected chi connectivity index (χ4v) is 2.05. The molecule has 0 aliphatic carbocycles. The van der Waals surface area contributed by atoms with Crippen molar-refractivity contribution in [1.29, 1.82) is 0 Å². The number of nitrogens with zero attached hydrogens (tertiary/aromatic N) is 1. The van der Waals surface area contributed by atoms with E-state index in [1.54, 1.807) is 31.2 Å². The normalized spacial score (nSPS) is 11.8. The molecule has 0 bridgehead atoms. The molecule has 0 aliphatic heterocycles. The van der Waals surface area contributed by atoms with E-state index < -0.39 is 4.92 Å². The van der Waals surface area contributed by atoms with Gasteiger partial charge in [0.05, 0.1) is 29.8 Å². The van der Waals surface area contributed by atoms with Gasteiger partial charge in [-0.15, -0.1) is 0 Å². The molecule has 6 heteroatoms. The topological polar surface area (TPSA) is 64.4 Å². The van der Waals surface area contributed by atoms with Crippen LogP contribution in [0.1, 0.15) is 18.5 Å². The third kappa shape index (κ3) is 3.28. The lowest BCUT2D eigenvalue weighted by Gasteiger charge is -2.18. The van der Waals surface area contributed by atoms with E-state index in [-0.39, 0.29) is 17.5 Å². The van der Waals surface area contributed by atoms with Crippen molar-refractivity contribution in [3.63, 3.8) is 0 Å². The number of rotatable bonds is 5. The lowest BCUT2D eigenvalue weighted by molar-refractivity contribution is -0.384. The minimum atomic E-state index is -0.493. The average Bonchev–Trinajstić information content (AvgIpc) is 2.47. The summed E-state index contributed by atoms with van der Waals surface area (Å²) in [6.45, 7) is 1.80. The quantitative estimate of drug-likeness (QED) is 0.669. The minimum Gasteiger partial charge on any atom is -0.494 e. The Kier molecular flexibility index (Phi) is 4.37. The Balaban J connectivity index is 2.27. The number of nitro benzene ring substituents is 1. The summed E-state index contributed by atoms with van der Waals surface area (Å²) in [6.07, 6.45) is 0. The Morgan fingerprint density at radius 3 is 2.62 bits per heavy atom. The highest BCUT2D eigenvalue weighted by Crippen LogP contribution is 2.32. The van der Waals surface area contributed by atoms with Crippen molar-refractivity contribution in [3.8, 4) is 5.75 Å². The molecule has 5 nitrogen and oxygen atoms in total. The second-order valence-electron chi connectivity index (χ2n) is 4.53. The number of hydrogen-bond acceptors (Lipinski definition) is 4. The maximum absolute atomic E-state index is 13.7. The number of methoxy groups -OCH3 is 1. The summed E-state index contributed by atoms with van der Waals surface area (Å²) in [5.41, 5.74) is 1.02. The van der Waals surface area contributed by atoms with Crippen molar-refractivity contribution < 1.29 is 14.1 Å². The number of benzene rings is 2. The molecule has 0 spiro atoms. The van der Waals surface area contributed by atoms with Crippen LogP contribution in [0.5, 0.6) is 5.75 Å². The third-order valence-corrected chi connectivity index (χ3v) is 3.14. The first-order valence-electron chi connectivity index (χ1n) is 6.36. The van der Waals surface area contributed by atoms with Crippen LogP contribution in [0, 0.1) is 15.9 Å². The van der Waals surface area contributed by atoms with Crippen LogP contribution in [0.25, 0.3) is 0 Å². The van der Waals surface area contributed by atoms with Gasteiger partial charge in [-0.25, -0.2) is 4.39 Å². The van der Waals surface area contributed by atoms with Crippen LogP contribution in [0.4, 0.5) is 15.8 Å². The molecular formula is C15H15FN2O3. The van der Waals surface area contributed by atoms with E-state index in [4.69, 9.17) is 4.74 Å². The van der Waals surface area contributed by atoms with E-state index in [0.29, 0.717) is 17.0 Å². The average molecular weight is 290 g/mol. The Bertz CT molecular complexity index is 661. The van der Waals surface area contributed by atoms with Gasteiger partial charge in [-0.05, 0) is 19.1 Å². The van der Waals surface area contributed by atoms with Crippen molar-refractivity contribution >= 4 is 11.4 Å². The zero-order valence-electron chi connectivity index (χ0n) is 11.7. The standard InChI is InChI=1S/C15H15FN2O3/c1-10(12-5-3-4-6-13(12)16)17-14-8-7-11(18(19)20)9-15(14)21-2/h3-10,17H,1-2H3. The molecule has 2 rings (SSSR count). The summed E-state index contributed by atoms with van der Waals surface area (Å²) >= 11 is 0. The Hall–Kier alpha value is -2.63. The number of nitro groups is 1. The molecule has 1 N–H and O–H groups in total. The molecule has 0 aromatic heterocycles. The van der Waals surface area contributed by atoms with Crippen LogP contribution >= 0.6 is 0 Å². The highest BCUT2D eigenvalue weighted by molar-refractivity contribution is 5.61. The number of ether oxygens (including phenoxy) is 1. The molecule has 21 heavy (non-hydrogen) atoms. The maximum Gasteiger partial charge on any atom is 0.273 e. The maximum atomic E-state index is 13.7. The highest BCUT2D eigenvalue weighted by atomic mass is 19.1. The van der Waals surface area contributed by atoms with Crippen molar-refractivity contribution in [1.82, 2.24) is 0 Å². The molecule has 0 radical (unpaired) electrons. The van der Waals surface area contributed by atoms with E-state index in [2.05, 4.69) is 5.32 Å². The predicted octanol–water partition coefficient (Wildman–Crippen LogP) is 3.92. The zero-order chi connectivity index (χ0) is 15.4. The van der Waals surface area contributed by atoms with Crippen LogP contribution in [-0.4, -0.2) is 12.0 Å². The Labute approximate surface area is 121 Å². The number of non-ortho nitro benzene ring substituents is 1. The van der Waals surface area contributed by atoms with E-state index in [1.807, 2.05) is 0 Å². The second kappa shape index (κ2) is 6.21. The molecule has 0 heterocycles. The van der Waals surface area contributed by atoms with Gasteiger partial charge in [-0.2, -0.15) is 0 Å². The number of anilines is 1. The van der Waals surface area contributed by atoms with Crippen LogP contribution in [0.15, 0.2) is 42.5 Å². The fourth-order valence-electron chi connectivity index (χ4n) is 2.05. The van der Waals surface area contributed by atoms with Gasteiger partial charge in [0.15, 0.2) is 0 Å². The summed E-state index contributed by atoms with van der Waals surface area (Å²) in [5.74, 6) is 0.0331. The second-order valence-corrected chi connectivity index (χ2v) is 4.53. The van der Waals surface area contributed by atoms with Crippen molar-refractivity contribution in [2.45, 2.75) is 13.0 Å². The molecule has 2 aromatic rings. The highest BCUT2D eigenvalue weighted by Gasteiger charge is 2.15. The van der Waals surface area contributed by atoms with Gasteiger partial charge in [0.25, 0.3) is 5.69 Å². The molecule has 0 saturated carbocycles. The van der Waals surface area contributed by atoms with Crippen LogP contribution < -0.4 is 10.1 Å². The van der Waals surface area contributed by atoms with Gasteiger partial charge in [0.2, 0.25) is 0 Å². The molecule has 2 aromatic carbocycles. The Morgan fingerprint density at radius 2 is 2.00 bits per heavy atom. The Morgan fingerprint density at radius 1 is 1.29 bits per heavy atom. The summed E-state index contributed by atoms with van der Waals surface area (Å²) in [7, 11) is 1.43. The lowest BCUT2D eigenvalue weighted by atomic mass is 10.1. The largest absolute Gasteiger partial charge is 0.494 e. The van der Waals surface area contributed by atoms with Gasteiger partial charge >= 0.3 is 0 Å². The molecule has 1 atom stereocenters. The third-order valence-electron chi connectivity index (χ3n) is 3.14. The summed E-state index contributed by atoms with van der Waals surface area (Å²) in [5, 5.41) is 13.8. The number of hydrogen-bond donors (Lipinski definition) is 1. The van der Waals surface area contributed by atoms with Gasteiger partial charge in [0.1, 0.15) is 11.6 Å². The molecule has 110 valence electrons. The van der Waals surface area contributed by atoms with Gasteiger partial charge in [0, 0.05) is 11.6 Å². The molecular weight excluding hydrogens is 275 g/mol. The lowest BCUT2D eigenvalue weighted by Crippen LogP contribution is -2.09. The predicted molar refractivity (Wildman–Crippen MR) is 78.1 cm³/mol. The van der Waals surface area contributed by atoms with E-state index >= 15 is 0 Å². The SMILES string of the molecule is COc1cc([N+](=O)[O-])ccc1NC(C)c1ccccc1F. The summed E-state index contributed by atoms with van der Waals surface area (Å²) < 4.78 is 18.9. The molecule has 0 aliphatic rings. The van der Waals surface area contributed by atoms with Crippen LogP contribution in [0.2, 0.25) is 0 Å². The van der Waals surface area contributed by atoms with Gasteiger partial charge in [-0.3, -0.25) is 10.1 Å². The minimum absolute atomic E-state index is 0.0593. The van der Waals surface area contributed by atoms with E-state index in [9.17, 15) is 14.5 Å². The smallest absolute Gasteiger partial charge is 0.273 e. The van der Waals surface area contributed by atoms with Gasteiger partial charge in [-0.1, -0.05) is 18.2 Å². The first-order valence-corrected chi connectivity index (χ1v) is 6.36. The molecule has 1 unspecified atom stereocenters. The van der Waals surface area contributed by atoms with E-state index in [1.165, 1.54) is 25.3 Å².